The Morgan fingerprint density at radius 1 is 1.26 bits per heavy atom. The van der Waals surface area contributed by atoms with Crippen molar-refractivity contribution < 1.29 is 14.7 Å². The Kier molecular flexibility index (Phi) is 6.24. The van der Waals surface area contributed by atoms with Gasteiger partial charge in [-0.05, 0) is 43.9 Å². The molecule has 31 heavy (non-hydrogen) atoms. The van der Waals surface area contributed by atoms with E-state index in [0.717, 1.165) is 36.8 Å². The molecule has 3 N–H and O–H groups in total. The predicted molar refractivity (Wildman–Crippen MR) is 120 cm³/mol. The molecule has 2 saturated carbocycles. The van der Waals surface area contributed by atoms with Crippen molar-refractivity contribution >= 4 is 38.8 Å². The van der Waals surface area contributed by atoms with E-state index in [9.17, 15) is 9.59 Å². The first-order chi connectivity index (χ1) is 14.9. The van der Waals surface area contributed by atoms with Crippen molar-refractivity contribution in [3.63, 3.8) is 0 Å². The second kappa shape index (κ2) is 8.91. The van der Waals surface area contributed by atoms with E-state index in [0.29, 0.717) is 18.7 Å². The summed E-state index contributed by atoms with van der Waals surface area (Å²) in [6.45, 7) is 1.62. The van der Waals surface area contributed by atoms with Gasteiger partial charge in [-0.1, -0.05) is 35.2 Å². The first-order valence-electron chi connectivity index (χ1n) is 10.9. The number of carbonyl (C=O) groups excluding carboxylic acids is 1. The van der Waals surface area contributed by atoms with Gasteiger partial charge >= 0.3 is 6.09 Å². The van der Waals surface area contributed by atoms with E-state index < -0.39 is 11.6 Å². The Morgan fingerprint density at radius 3 is 2.61 bits per heavy atom. The number of fused-ring (bicyclic) bond motifs is 3. The molecule has 0 radical (unpaired) electrons. The maximum atomic E-state index is 12.8. The van der Waals surface area contributed by atoms with Crippen molar-refractivity contribution in [1.29, 1.82) is 5.26 Å². The van der Waals surface area contributed by atoms with Crippen LogP contribution in [-0.4, -0.2) is 39.1 Å². The highest BCUT2D eigenvalue weighted by Gasteiger charge is 2.44. The second-order valence-corrected chi connectivity index (χ2v) is 9.66. The molecule has 0 bridgehead atoms. The highest BCUT2D eigenvalue weighted by molar-refractivity contribution is 9.10. The number of hydrogen-bond donors (Lipinski definition) is 3. The molecule has 2 aliphatic carbocycles. The molecule has 164 valence electrons. The van der Waals surface area contributed by atoms with Crippen molar-refractivity contribution in [3.05, 3.63) is 33.9 Å². The summed E-state index contributed by atoms with van der Waals surface area (Å²) in [5.74, 6) is 0.655. The lowest BCUT2D eigenvalue weighted by molar-refractivity contribution is -0.137. The summed E-state index contributed by atoms with van der Waals surface area (Å²) in [6, 6.07) is 8.24. The maximum Gasteiger partial charge on any atom is 0.405 e. The average Bonchev–Trinajstić information content (AvgIpc) is 3.45. The highest BCUT2D eigenvalue weighted by atomic mass is 79.9. The Balaban J connectivity index is 0.000000217. The fourth-order valence-corrected chi connectivity index (χ4v) is 4.94. The van der Waals surface area contributed by atoms with Gasteiger partial charge in [-0.3, -0.25) is 4.79 Å². The van der Waals surface area contributed by atoms with Crippen LogP contribution in [0.15, 0.2) is 22.7 Å². The number of nitrogens with one attached hydrogen (secondary N) is 2. The third-order valence-corrected chi connectivity index (χ3v) is 7.01. The van der Waals surface area contributed by atoms with E-state index in [1.54, 1.807) is 0 Å². The quantitative estimate of drug-likeness (QED) is 0.570. The predicted octanol–water partition coefficient (Wildman–Crippen LogP) is 4.71. The standard InChI is InChI=1S/C18H21BrN2O.C5H6N2O2/c19-13-6-7-16-14(10-13)15-11-21(9-8-17(15)20-16)18(22)12-4-2-1-3-5-12;6-3-5(1-2-5)7-4(8)9/h6-7,10,12,20H,1-5,8-9,11H2;7H,1-2H2,(H,8,9). The van der Waals surface area contributed by atoms with E-state index in [1.807, 2.05) is 6.07 Å². The maximum absolute atomic E-state index is 12.8. The summed E-state index contributed by atoms with van der Waals surface area (Å²) < 4.78 is 1.09. The van der Waals surface area contributed by atoms with Crippen molar-refractivity contribution in [3.8, 4) is 6.07 Å². The van der Waals surface area contributed by atoms with E-state index in [2.05, 4.69) is 49.3 Å². The van der Waals surface area contributed by atoms with Crippen LogP contribution in [0.1, 0.15) is 56.2 Å². The van der Waals surface area contributed by atoms with Gasteiger partial charge < -0.3 is 20.3 Å². The van der Waals surface area contributed by atoms with E-state index in [-0.39, 0.29) is 5.92 Å². The molecular formula is C23H27BrN4O3. The fourth-order valence-electron chi connectivity index (χ4n) is 4.58. The zero-order valence-corrected chi connectivity index (χ0v) is 19.0. The molecule has 0 spiro atoms. The van der Waals surface area contributed by atoms with Crippen molar-refractivity contribution in [2.24, 2.45) is 5.92 Å². The lowest BCUT2D eigenvalue weighted by Crippen LogP contribution is -2.40. The van der Waals surface area contributed by atoms with Crippen LogP contribution >= 0.6 is 15.9 Å². The molecular weight excluding hydrogens is 460 g/mol. The summed E-state index contributed by atoms with van der Waals surface area (Å²) in [7, 11) is 0. The number of halogens is 1. The molecule has 2 heterocycles. The number of nitrogens with zero attached hydrogens (tertiary/aromatic N) is 2. The Bertz CT molecular complexity index is 1030. The molecule has 7 nitrogen and oxygen atoms in total. The number of aromatic amines is 1. The van der Waals surface area contributed by atoms with Crippen LogP contribution in [-0.2, 0) is 17.8 Å². The smallest absolute Gasteiger partial charge is 0.405 e. The van der Waals surface area contributed by atoms with Crippen molar-refractivity contribution in [2.45, 2.75) is 63.5 Å². The molecule has 8 heteroatoms. The number of aromatic nitrogens is 1. The molecule has 2 fully saturated rings. The summed E-state index contributed by atoms with van der Waals surface area (Å²) in [5.41, 5.74) is 3.07. The average molecular weight is 487 g/mol. The highest BCUT2D eigenvalue weighted by Crippen LogP contribution is 2.34. The zero-order valence-electron chi connectivity index (χ0n) is 17.4. The summed E-state index contributed by atoms with van der Waals surface area (Å²) >= 11 is 3.56. The molecule has 1 aliphatic heterocycles. The summed E-state index contributed by atoms with van der Waals surface area (Å²) in [6.07, 6.45) is 7.03. The van der Waals surface area contributed by atoms with Crippen LogP contribution in [0.4, 0.5) is 4.79 Å². The van der Waals surface area contributed by atoms with Gasteiger partial charge in [-0.25, -0.2) is 4.79 Å². The number of carbonyl (C=O) groups is 2. The fraction of sp³-hybridized carbons (Fsp3) is 0.522. The molecule has 1 aromatic carbocycles. The van der Waals surface area contributed by atoms with E-state index in [4.69, 9.17) is 10.4 Å². The van der Waals surface area contributed by atoms with Gasteiger partial charge in [0.15, 0.2) is 0 Å². The molecule has 2 aromatic rings. The van der Waals surface area contributed by atoms with Gasteiger partial charge in [0.2, 0.25) is 5.91 Å². The molecule has 3 aliphatic rings. The van der Waals surface area contributed by atoms with Gasteiger partial charge in [-0.15, -0.1) is 0 Å². The first-order valence-corrected chi connectivity index (χ1v) is 11.7. The molecule has 0 saturated heterocycles. The molecule has 1 aromatic heterocycles. The van der Waals surface area contributed by atoms with Gasteiger partial charge in [0, 0.05) is 52.1 Å². The molecule has 2 amide bonds. The van der Waals surface area contributed by atoms with Crippen LogP contribution in [0.5, 0.6) is 0 Å². The topological polar surface area (TPSA) is 109 Å². The van der Waals surface area contributed by atoms with Crippen LogP contribution < -0.4 is 5.32 Å². The Morgan fingerprint density at radius 2 is 2.00 bits per heavy atom. The van der Waals surface area contributed by atoms with Crippen LogP contribution in [0, 0.1) is 17.2 Å². The minimum absolute atomic E-state index is 0.271. The number of rotatable bonds is 2. The van der Waals surface area contributed by atoms with Crippen LogP contribution in [0.25, 0.3) is 10.9 Å². The monoisotopic (exact) mass is 486 g/mol. The van der Waals surface area contributed by atoms with Crippen molar-refractivity contribution in [2.75, 3.05) is 6.54 Å². The van der Waals surface area contributed by atoms with Gasteiger partial charge in [0.1, 0.15) is 5.54 Å². The summed E-state index contributed by atoms with van der Waals surface area (Å²) in [4.78, 5) is 28.4. The Labute approximate surface area is 189 Å². The minimum Gasteiger partial charge on any atom is -0.465 e. The number of carboxylic acid groups (broad SMARTS) is 1. The Hall–Kier alpha value is -2.53. The second-order valence-electron chi connectivity index (χ2n) is 8.74. The third kappa shape index (κ3) is 4.87. The number of nitriles is 1. The largest absolute Gasteiger partial charge is 0.465 e. The number of amides is 2. The van der Waals surface area contributed by atoms with Gasteiger partial charge in [0.25, 0.3) is 0 Å². The lowest BCUT2D eigenvalue weighted by Gasteiger charge is -2.32. The number of hydrogen-bond acceptors (Lipinski definition) is 3. The van der Waals surface area contributed by atoms with E-state index >= 15 is 0 Å². The lowest BCUT2D eigenvalue weighted by atomic mass is 9.87. The van der Waals surface area contributed by atoms with Crippen LogP contribution in [0.3, 0.4) is 0 Å². The third-order valence-electron chi connectivity index (χ3n) is 6.51. The minimum atomic E-state index is -1.12. The first kappa shape index (κ1) is 21.7. The van der Waals surface area contributed by atoms with Gasteiger partial charge in [-0.2, -0.15) is 5.26 Å². The summed E-state index contributed by atoms with van der Waals surface area (Å²) in [5, 5.41) is 19.9. The van der Waals surface area contributed by atoms with Crippen molar-refractivity contribution in [1.82, 2.24) is 15.2 Å². The molecule has 5 rings (SSSR count). The van der Waals surface area contributed by atoms with Gasteiger partial charge in [0.05, 0.1) is 6.07 Å². The molecule has 0 atom stereocenters. The van der Waals surface area contributed by atoms with Crippen LogP contribution in [0.2, 0.25) is 0 Å². The normalized spacial score (nSPS) is 19.5. The number of H-pyrrole nitrogens is 1. The SMILES string of the molecule is N#CC1(NC(=O)O)CC1.O=C(C1CCCCC1)N1CCc2[nH]c3ccc(Br)cc3c2C1. The zero-order chi connectivity index (χ0) is 22.0. The number of benzene rings is 1. The van der Waals surface area contributed by atoms with E-state index in [1.165, 1.54) is 41.4 Å². The molecule has 0 unspecified atom stereocenters.